The van der Waals surface area contributed by atoms with Crippen LogP contribution in [0.5, 0.6) is 0 Å². The van der Waals surface area contributed by atoms with Gasteiger partial charge in [0, 0.05) is 12.8 Å². The predicted molar refractivity (Wildman–Crippen MR) is 75.8 cm³/mol. The van der Waals surface area contributed by atoms with Gasteiger partial charge in [-0.05, 0) is 55.7 Å². The Labute approximate surface area is 115 Å². The molecule has 1 fully saturated rings. The Kier molecular flexibility index (Phi) is 4.14. The molecule has 19 heavy (non-hydrogen) atoms. The molecule has 1 aromatic rings. The zero-order chi connectivity index (χ0) is 13.1. The molecule has 104 valence electrons. The van der Waals surface area contributed by atoms with Crippen LogP contribution in [0, 0.1) is 11.8 Å². The van der Waals surface area contributed by atoms with Crippen LogP contribution in [0.4, 0.5) is 0 Å². The van der Waals surface area contributed by atoms with Gasteiger partial charge in [0.05, 0.1) is 11.7 Å². The largest absolute Gasteiger partial charge is 0.396 e. The molecule has 1 aromatic heterocycles. The van der Waals surface area contributed by atoms with Crippen LogP contribution in [0.25, 0.3) is 0 Å². The van der Waals surface area contributed by atoms with E-state index in [2.05, 4.69) is 16.4 Å². The van der Waals surface area contributed by atoms with Gasteiger partial charge >= 0.3 is 0 Å². The minimum Gasteiger partial charge on any atom is -0.396 e. The Balaban J connectivity index is 1.58. The van der Waals surface area contributed by atoms with Crippen LogP contribution in [0.15, 0.2) is 18.3 Å². The molecule has 0 aromatic carbocycles. The maximum atomic E-state index is 9.47. The van der Waals surface area contributed by atoms with E-state index in [1.807, 2.05) is 12.3 Å². The fourth-order valence-corrected chi connectivity index (χ4v) is 3.70. The summed E-state index contributed by atoms with van der Waals surface area (Å²) in [5.74, 6) is 1.15. The molecule has 2 N–H and O–H groups in total. The Hall–Kier alpha value is -0.930. The third kappa shape index (κ3) is 2.82. The van der Waals surface area contributed by atoms with Crippen molar-refractivity contribution < 1.29 is 5.11 Å². The molecule has 0 bridgehead atoms. The number of aliphatic hydroxyl groups excluding tert-OH is 1. The lowest BCUT2D eigenvalue weighted by molar-refractivity contribution is 0.131. The van der Waals surface area contributed by atoms with Gasteiger partial charge in [-0.2, -0.15) is 0 Å². The summed E-state index contributed by atoms with van der Waals surface area (Å²) in [5.41, 5.74) is 2.65. The molecule has 3 atom stereocenters. The third-order valence-electron chi connectivity index (χ3n) is 4.89. The zero-order valence-electron chi connectivity index (χ0n) is 11.5. The maximum absolute atomic E-state index is 9.47. The highest BCUT2D eigenvalue weighted by molar-refractivity contribution is 5.27. The van der Waals surface area contributed by atoms with Crippen molar-refractivity contribution in [2.24, 2.45) is 11.8 Å². The number of hydrogen-bond acceptors (Lipinski definition) is 3. The van der Waals surface area contributed by atoms with Crippen LogP contribution in [0.1, 0.15) is 49.4 Å². The van der Waals surface area contributed by atoms with Crippen LogP contribution < -0.4 is 5.32 Å². The number of aliphatic hydroxyl groups is 1. The van der Waals surface area contributed by atoms with E-state index < -0.39 is 0 Å². The normalized spacial score (nSPS) is 30.3. The molecule has 3 nitrogen and oxygen atoms in total. The molecular weight excluding hydrogens is 236 g/mol. The average molecular weight is 260 g/mol. The van der Waals surface area contributed by atoms with Gasteiger partial charge in [-0.15, -0.1) is 0 Å². The molecule has 1 heterocycles. The maximum Gasteiger partial charge on any atom is 0.0605 e. The fourth-order valence-electron chi connectivity index (χ4n) is 3.70. The summed E-state index contributed by atoms with van der Waals surface area (Å²) in [5, 5.41) is 13.2. The van der Waals surface area contributed by atoms with Crippen molar-refractivity contribution in [3.05, 3.63) is 29.6 Å². The number of nitrogens with zero attached hydrogens (tertiary/aromatic N) is 1. The first-order valence-corrected chi connectivity index (χ1v) is 7.66. The second-order valence-corrected chi connectivity index (χ2v) is 6.03. The van der Waals surface area contributed by atoms with Gasteiger partial charge in [0.1, 0.15) is 0 Å². The van der Waals surface area contributed by atoms with Gasteiger partial charge in [0.25, 0.3) is 0 Å². The van der Waals surface area contributed by atoms with E-state index in [4.69, 9.17) is 0 Å². The van der Waals surface area contributed by atoms with Gasteiger partial charge in [-0.25, -0.2) is 0 Å². The lowest BCUT2D eigenvalue weighted by atomic mass is 9.79. The van der Waals surface area contributed by atoms with E-state index in [9.17, 15) is 5.11 Å². The summed E-state index contributed by atoms with van der Waals surface area (Å²) < 4.78 is 0. The van der Waals surface area contributed by atoms with E-state index in [-0.39, 0.29) is 0 Å². The second-order valence-electron chi connectivity index (χ2n) is 6.03. The highest BCUT2D eigenvalue weighted by Crippen LogP contribution is 2.32. The SMILES string of the molecule is OCC1CCCCC1CNC1CCc2cccnc21. The lowest BCUT2D eigenvalue weighted by Crippen LogP contribution is -2.34. The van der Waals surface area contributed by atoms with Crippen molar-refractivity contribution in [2.45, 2.75) is 44.6 Å². The first-order chi connectivity index (χ1) is 9.38. The van der Waals surface area contributed by atoms with Crippen LogP contribution in [0.2, 0.25) is 0 Å². The summed E-state index contributed by atoms with van der Waals surface area (Å²) in [7, 11) is 0. The van der Waals surface area contributed by atoms with E-state index in [0.29, 0.717) is 24.5 Å². The van der Waals surface area contributed by atoms with Crippen LogP contribution in [0.3, 0.4) is 0 Å². The number of hydrogen-bond donors (Lipinski definition) is 2. The second kappa shape index (κ2) is 6.02. The molecule has 0 spiro atoms. The number of pyridine rings is 1. The van der Waals surface area contributed by atoms with Crippen molar-refractivity contribution >= 4 is 0 Å². The van der Waals surface area contributed by atoms with Gasteiger partial charge in [0.15, 0.2) is 0 Å². The Morgan fingerprint density at radius 3 is 2.89 bits per heavy atom. The topological polar surface area (TPSA) is 45.1 Å². The minimum atomic E-state index is 0.353. The highest BCUT2D eigenvalue weighted by Gasteiger charge is 2.27. The number of rotatable bonds is 4. The molecular formula is C16H24N2O. The minimum absolute atomic E-state index is 0.353. The fraction of sp³-hybridized carbons (Fsp3) is 0.688. The molecule has 3 rings (SSSR count). The zero-order valence-corrected chi connectivity index (χ0v) is 11.5. The molecule has 2 aliphatic rings. The van der Waals surface area contributed by atoms with Crippen molar-refractivity contribution in [1.82, 2.24) is 10.3 Å². The highest BCUT2D eigenvalue weighted by atomic mass is 16.3. The van der Waals surface area contributed by atoms with Crippen LogP contribution >= 0.6 is 0 Å². The third-order valence-corrected chi connectivity index (χ3v) is 4.89. The van der Waals surface area contributed by atoms with Crippen molar-refractivity contribution in [2.75, 3.05) is 13.2 Å². The van der Waals surface area contributed by atoms with E-state index in [1.54, 1.807) is 0 Å². The molecule has 1 saturated carbocycles. The van der Waals surface area contributed by atoms with Gasteiger partial charge in [0.2, 0.25) is 0 Å². The number of fused-ring (bicyclic) bond motifs is 1. The molecule has 0 amide bonds. The summed E-state index contributed by atoms with van der Waals surface area (Å²) in [4.78, 5) is 4.53. The summed E-state index contributed by atoms with van der Waals surface area (Å²) in [6.07, 6.45) is 9.29. The summed E-state index contributed by atoms with van der Waals surface area (Å²) in [6.45, 7) is 1.39. The molecule has 0 radical (unpaired) electrons. The van der Waals surface area contributed by atoms with E-state index >= 15 is 0 Å². The van der Waals surface area contributed by atoms with Crippen LogP contribution in [-0.4, -0.2) is 23.2 Å². The standard InChI is InChI=1S/C16H24N2O/c19-11-14-5-2-1-4-13(14)10-18-15-8-7-12-6-3-9-17-16(12)15/h3,6,9,13-15,18-19H,1-2,4-5,7-8,10-11H2. The van der Waals surface area contributed by atoms with Crippen molar-refractivity contribution in [3.8, 4) is 0 Å². The molecule has 0 aliphatic heterocycles. The number of aryl methyl sites for hydroxylation is 1. The van der Waals surface area contributed by atoms with Gasteiger partial charge < -0.3 is 10.4 Å². The summed E-state index contributed by atoms with van der Waals surface area (Å²) in [6, 6.07) is 4.66. The molecule has 3 heteroatoms. The average Bonchev–Trinajstić information content (AvgIpc) is 2.89. The summed E-state index contributed by atoms with van der Waals surface area (Å²) >= 11 is 0. The molecule has 3 unspecified atom stereocenters. The Morgan fingerprint density at radius 2 is 2.05 bits per heavy atom. The monoisotopic (exact) mass is 260 g/mol. The first kappa shape index (κ1) is 13.1. The van der Waals surface area contributed by atoms with E-state index in [0.717, 1.165) is 13.0 Å². The van der Waals surface area contributed by atoms with Crippen molar-refractivity contribution in [3.63, 3.8) is 0 Å². The van der Waals surface area contributed by atoms with Crippen LogP contribution in [-0.2, 0) is 6.42 Å². The molecule has 0 saturated heterocycles. The Bertz CT molecular complexity index is 421. The number of nitrogens with one attached hydrogen (secondary N) is 1. The van der Waals surface area contributed by atoms with Gasteiger partial charge in [-0.3, -0.25) is 4.98 Å². The van der Waals surface area contributed by atoms with E-state index in [1.165, 1.54) is 43.4 Å². The molecule has 2 aliphatic carbocycles. The predicted octanol–water partition coefficient (Wildman–Crippen LogP) is 2.46. The Morgan fingerprint density at radius 1 is 1.21 bits per heavy atom. The lowest BCUT2D eigenvalue weighted by Gasteiger charge is -2.31. The smallest absolute Gasteiger partial charge is 0.0605 e. The number of aromatic nitrogens is 1. The van der Waals surface area contributed by atoms with Gasteiger partial charge in [-0.1, -0.05) is 18.9 Å². The van der Waals surface area contributed by atoms with Crippen molar-refractivity contribution in [1.29, 1.82) is 0 Å². The quantitative estimate of drug-likeness (QED) is 0.874. The first-order valence-electron chi connectivity index (χ1n) is 7.66.